The summed E-state index contributed by atoms with van der Waals surface area (Å²) in [5, 5.41) is 0. The maximum absolute atomic E-state index is 10.7. The van der Waals surface area contributed by atoms with Crippen LogP contribution >= 0.6 is 0 Å². The van der Waals surface area contributed by atoms with Gasteiger partial charge in [0.15, 0.2) is 5.78 Å². The van der Waals surface area contributed by atoms with Crippen molar-refractivity contribution in [3.05, 3.63) is 23.3 Å². The molecule has 0 amide bonds. The standard InChI is InChI=1S/C7H6O/c8-7-4-5-1-2-6(7)3-5/h1-2H,3-4H2. The number of fused-ring (bicyclic) bond motifs is 2. The van der Waals surface area contributed by atoms with Crippen LogP contribution in [0.2, 0.25) is 0 Å². The Morgan fingerprint density at radius 1 is 1.25 bits per heavy atom. The molecule has 0 atom stereocenters. The Balaban J connectivity index is 2.50. The second kappa shape index (κ2) is 1.10. The molecule has 0 unspecified atom stereocenters. The molecule has 1 fully saturated rings. The zero-order valence-corrected chi connectivity index (χ0v) is 4.48. The Bertz CT molecular complexity index is 204. The van der Waals surface area contributed by atoms with Crippen LogP contribution < -0.4 is 0 Å². The first-order valence-corrected chi connectivity index (χ1v) is 2.78. The minimum absolute atomic E-state index is 0.336. The molecule has 2 aliphatic rings. The van der Waals surface area contributed by atoms with Gasteiger partial charge < -0.3 is 0 Å². The van der Waals surface area contributed by atoms with E-state index in [1.165, 1.54) is 5.57 Å². The van der Waals surface area contributed by atoms with Crippen molar-refractivity contribution < 1.29 is 4.79 Å². The number of carbonyl (C=O) groups is 1. The number of allylic oxidation sites excluding steroid dienone is 4. The minimum Gasteiger partial charge on any atom is -0.294 e. The third-order valence-electron chi connectivity index (χ3n) is 1.68. The van der Waals surface area contributed by atoms with E-state index in [1.54, 1.807) is 0 Å². The van der Waals surface area contributed by atoms with Crippen LogP contribution in [0.15, 0.2) is 23.3 Å². The highest BCUT2D eigenvalue weighted by molar-refractivity contribution is 6.02. The zero-order valence-electron chi connectivity index (χ0n) is 4.48. The van der Waals surface area contributed by atoms with Crippen molar-refractivity contribution in [3.63, 3.8) is 0 Å². The molecule has 2 aliphatic carbocycles. The topological polar surface area (TPSA) is 17.1 Å². The third-order valence-corrected chi connectivity index (χ3v) is 1.68. The number of rotatable bonds is 0. The zero-order chi connectivity index (χ0) is 5.56. The van der Waals surface area contributed by atoms with E-state index in [0.29, 0.717) is 12.2 Å². The average molecular weight is 106 g/mol. The van der Waals surface area contributed by atoms with E-state index in [-0.39, 0.29) is 0 Å². The van der Waals surface area contributed by atoms with E-state index in [9.17, 15) is 4.79 Å². The Kier molecular flexibility index (Phi) is 0.562. The Morgan fingerprint density at radius 3 is 2.38 bits per heavy atom. The molecule has 1 nitrogen and oxygen atoms in total. The number of hydrogen-bond acceptors (Lipinski definition) is 1. The van der Waals surface area contributed by atoms with Crippen LogP contribution in [-0.2, 0) is 4.79 Å². The summed E-state index contributed by atoms with van der Waals surface area (Å²) in [7, 11) is 0. The van der Waals surface area contributed by atoms with Crippen LogP contribution in [0.25, 0.3) is 0 Å². The van der Waals surface area contributed by atoms with Gasteiger partial charge in [-0.3, -0.25) is 4.79 Å². The number of hydrogen-bond donors (Lipinski definition) is 0. The summed E-state index contributed by atoms with van der Waals surface area (Å²) >= 11 is 0. The van der Waals surface area contributed by atoms with Crippen molar-refractivity contribution in [2.45, 2.75) is 12.8 Å². The van der Waals surface area contributed by atoms with Gasteiger partial charge in [0, 0.05) is 6.42 Å². The van der Waals surface area contributed by atoms with Crippen LogP contribution in [-0.4, -0.2) is 5.78 Å². The molecule has 0 aromatic carbocycles. The first kappa shape index (κ1) is 4.07. The van der Waals surface area contributed by atoms with Gasteiger partial charge in [0.1, 0.15) is 0 Å². The lowest BCUT2D eigenvalue weighted by atomic mass is 10.2. The molecule has 0 spiro atoms. The number of ketones is 1. The van der Waals surface area contributed by atoms with Crippen LogP contribution in [0.3, 0.4) is 0 Å². The first-order valence-electron chi connectivity index (χ1n) is 2.78. The molecule has 40 valence electrons. The number of carbonyl (C=O) groups excluding carboxylic acids is 1. The fourth-order valence-corrected chi connectivity index (χ4v) is 1.21. The lowest BCUT2D eigenvalue weighted by Crippen LogP contribution is -1.91. The summed E-state index contributed by atoms with van der Waals surface area (Å²) in [6, 6.07) is 0. The van der Waals surface area contributed by atoms with Gasteiger partial charge in [0.2, 0.25) is 0 Å². The molecule has 0 aromatic heterocycles. The third kappa shape index (κ3) is 0.340. The normalized spacial score (nSPS) is 23.8. The monoisotopic (exact) mass is 106 g/mol. The van der Waals surface area contributed by atoms with Crippen molar-refractivity contribution in [2.24, 2.45) is 0 Å². The highest BCUT2D eigenvalue weighted by Gasteiger charge is 2.24. The largest absolute Gasteiger partial charge is 0.294 e. The Morgan fingerprint density at radius 2 is 2.12 bits per heavy atom. The maximum Gasteiger partial charge on any atom is 0.163 e. The van der Waals surface area contributed by atoms with Gasteiger partial charge in [-0.2, -0.15) is 0 Å². The Hall–Kier alpha value is -0.850. The van der Waals surface area contributed by atoms with Gasteiger partial charge in [0.25, 0.3) is 0 Å². The van der Waals surface area contributed by atoms with Gasteiger partial charge in [0.05, 0.1) is 0 Å². The quantitative estimate of drug-likeness (QED) is 0.453. The maximum atomic E-state index is 10.7. The molecule has 0 aromatic rings. The molecule has 2 bridgehead atoms. The fourth-order valence-electron chi connectivity index (χ4n) is 1.21. The molecule has 8 heavy (non-hydrogen) atoms. The van der Waals surface area contributed by atoms with E-state index in [1.807, 2.05) is 6.08 Å². The van der Waals surface area contributed by atoms with Gasteiger partial charge in [-0.25, -0.2) is 0 Å². The molecular formula is C7H6O. The molecule has 0 radical (unpaired) electrons. The van der Waals surface area contributed by atoms with Crippen molar-refractivity contribution in [1.29, 1.82) is 0 Å². The second-order valence-electron chi connectivity index (χ2n) is 2.29. The van der Waals surface area contributed by atoms with Gasteiger partial charge in [-0.05, 0) is 12.0 Å². The van der Waals surface area contributed by atoms with E-state index in [2.05, 4.69) is 6.08 Å². The van der Waals surface area contributed by atoms with E-state index in [0.717, 1.165) is 12.0 Å². The minimum atomic E-state index is 0.336. The molecule has 0 aliphatic heterocycles. The van der Waals surface area contributed by atoms with Crippen LogP contribution in [0, 0.1) is 0 Å². The lowest BCUT2D eigenvalue weighted by molar-refractivity contribution is -0.114. The van der Waals surface area contributed by atoms with E-state index in [4.69, 9.17) is 0 Å². The van der Waals surface area contributed by atoms with Crippen molar-refractivity contribution in [3.8, 4) is 0 Å². The summed E-state index contributed by atoms with van der Waals surface area (Å²) in [6.45, 7) is 0. The first-order chi connectivity index (χ1) is 3.86. The summed E-state index contributed by atoms with van der Waals surface area (Å²) in [5.41, 5.74) is 2.31. The van der Waals surface area contributed by atoms with Gasteiger partial charge in [-0.1, -0.05) is 17.7 Å². The predicted octanol–water partition coefficient (Wildman–Crippen LogP) is 1.22. The molecule has 1 heteroatoms. The predicted molar refractivity (Wildman–Crippen MR) is 30.4 cm³/mol. The molecular weight excluding hydrogens is 100 g/mol. The number of Topliss-reactive ketones (excluding diaryl/α,β-unsaturated/α-hetero) is 1. The van der Waals surface area contributed by atoms with Crippen molar-refractivity contribution in [1.82, 2.24) is 0 Å². The molecule has 2 rings (SSSR count). The molecule has 1 saturated carbocycles. The average Bonchev–Trinajstić information content (AvgIpc) is 2.23. The summed E-state index contributed by atoms with van der Waals surface area (Å²) in [6.07, 6.45) is 5.63. The SMILES string of the molecule is O=C1CC2=CC=C1C2. The van der Waals surface area contributed by atoms with Gasteiger partial charge >= 0.3 is 0 Å². The van der Waals surface area contributed by atoms with E-state index < -0.39 is 0 Å². The fraction of sp³-hybridized carbons (Fsp3) is 0.286. The van der Waals surface area contributed by atoms with Crippen molar-refractivity contribution in [2.75, 3.05) is 0 Å². The smallest absolute Gasteiger partial charge is 0.163 e. The summed E-state index contributed by atoms with van der Waals surface area (Å²) in [4.78, 5) is 10.7. The second-order valence-corrected chi connectivity index (χ2v) is 2.29. The molecule has 0 saturated heterocycles. The molecule has 0 heterocycles. The van der Waals surface area contributed by atoms with Crippen LogP contribution in [0.5, 0.6) is 0 Å². The Labute approximate surface area is 47.7 Å². The lowest BCUT2D eigenvalue weighted by Gasteiger charge is -1.87. The van der Waals surface area contributed by atoms with Gasteiger partial charge in [-0.15, -0.1) is 0 Å². The van der Waals surface area contributed by atoms with Crippen molar-refractivity contribution >= 4 is 5.78 Å². The summed E-state index contributed by atoms with van der Waals surface area (Å²) in [5.74, 6) is 0.336. The van der Waals surface area contributed by atoms with Crippen LogP contribution in [0.4, 0.5) is 0 Å². The summed E-state index contributed by atoms with van der Waals surface area (Å²) < 4.78 is 0. The van der Waals surface area contributed by atoms with E-state index >= 15 is 0 Å². The van der Waals surface area contributed by atoms with Crippen LogP contribution in [0.1, 0.15) is 12.8 Å². The molecule has 0 N–H and O–H groups in total. The highest BCUT2D eigenvalue weighted by atomic mass is 16.1. The highest BCUT2D eigenvalue weighted by Crippen LogP contribution is 2.31.